The van der Waals surface area contributed by atoms with Crippen molar-refractivity contribution in [3.8, 4) is 0 Å². The largest absolute Gasteiger partial charge is 0.299 e. The zero-order chi connectivity index (χ0) is 10.4. The molecule has 1 aromatic rings. The number of hydrogen-bond acceptors (Lipinski definition) is 1. The second kappa shape index (κ2) is 5.07. The van der Waals surface area contributed by atoms with Crippen LogP contribution in [0.15, 0.2) is 36.4 Å². The molecule has 0 atom stereocenters. The monoisotopic (exact) mass is 194 g/mol. The van der Waals surface area contributed by atoms with Crippen molar-refractivity contribution in [2.75, 3.05) is 0 Å². The van der Waals surface area contributed by atoms with E-state index in [2.05, 4.69) is 0 Å². The molecule has 0 radical (unpaired) electrons. The van der Waals surface area contributed by atoms with Crippen molar-refractivity contribution in [3.05, 3.63) is 53.6 Å². The first-order chi connectivity index (χ1) is 6.74. The number of benzene rings is 1. The van der Waals surface area contributed by atoms with E-state index in [-0.39, 0.29) is 5.56 Å². The molecular weight excluding hydrogens is 186 g/mol. The summed E-state index contributed by atoms with van der Waals surface area (Å²) in [5, 5.41) is 0. The summed E-state index contributed by atoms with van der Waals surface area (Å²) in [7, 11) is 0. The Labute approximate surface area is 80.4 Å². The van der Waals surface area contributed by atoms with Crippen LogP contribution in [0.3, 0.4) is 0 Å². The van der Waals surface area contributed by atoms with Gasteiger partial charge in [-0.2, -0.15) is 0 Å². The molecule has 1 nitrogen and oxygen atoms in total. The molecule has 0 saturated heterocycles. The van der Waals surface area contributed by atoms with Crippen molar-refractivity contribution in [2.24, 2.45) is 0 Å². The number of aldehydes is 1. The van der Waals surface area contributed by atoms with Crippen LogP contribution in [-0.2, 0) is 4.79 Å². The van der Waals surface area contributed by atoms with Crippen LogP contribution < -0.4 is 0 Å². The van der Waals surface area contributed by atoms with E-state index < -0.39 is 11.6 Å². The van der Waals surface area contributed by atoms with E-state index in [1.807, 2.05) is 0 Å². The van der Waals surface area contributed by atoms with Gasteiger partial charge in [-0.05, 0) is 18.2 Å². The van der Waals surface area contributed by atoms with Crippen LogP contribution in [0.25, 0.3) is 6.08 Å². The number of carbonyl (C=O) groups excluding carboxylic acids is 1. The molecule has 14 heavy (non-hydrogen) atoms. The van der Waals surface area contributed by atoms with E-state index in [1.165, 1.54) is 36.4 Å². The second-order valence-electron chi connectivity index (χ2n) is 2.55. The minimum absolute atomic E-state index is 0.280. The van der Waals surface area contributed by atoms with Crippen molar-refractivity contribution in [1.82, 2.24) is 0 Å². The molecule has 0 N–H and O–H groups in total. The molecule has 0 aliphatic rings. The van der Waals surface area contributed by atoms with Gasteiger partial charge in [0.25, 0.3) is 0 Å². The summed E-state index contributed by atoms with van der Waals surface area (Å²) in [5.74, 6) is -1.23. The highest BCUT2D eigenvalue weighted by Gasteiger charge is 1.98. The summed E-state index contributed by atoms with van der Waals surface area (Å²) in [6, 6.07) is 3.31. The number of carbonyl (C=O) groups is 1. The molecule has 0 fully saturated rings. The van der Waals surface area contributed by atoms with Gasteiger partial charge in [0.1, 0.15) is 17.9 Å². The van der Waals surface area contributed by atoms with Crippen LogP contribution in [0.1, 0.15) is 5.56 Å². The molecule has 3 heteroatoms. The van der Waals surface area contributed by atoms with E-state index in [0.717, 1.165) is 6.07 Å². The van der Waals surface area contributed by atoms with E-state index in [4.69, 9.17) is 0 Å². The van der Waals surface area contributed by atoms with Gasteiger partial charge in [-0.25, -0.2) is 8.78 Å². The average Bonchev–Trinajstić information content (AvgIpc) is 2.15. The minimum Gasteiger partial charge on any atom is -0.299 e. The Hall–Kier alpha value is -1.77. The quantitative estimate of drug-likeness (QED) is 0.410. The van der Waals surface area contributed by atoms with Crippen LogP contribution in [0.4, 0.5) is 8.78 Å². The molecule has 0 heterocycles. The Morgan fingerprint density at radius 2 is 1.86 bits per heavy atom. The third-order valence-corrected chi connectivity index (χ3v) is 1.54. The van der Waals surface area contributed by atoms with Crippen LogP contribution in [0.5, 0.6) is 0 Å². The second-order valence-corrected chi connectivity index (χ2v) is 2.55. The fourth-order valence-corrected chi connectivity index (χ4v) is 0.905. The fourth-order valence-electron chi connectivity index (χ4n) is 0.905. The molecule has 0 aliphatic carbocycles. The summed E-state index contributed by atoms with van der Waals surface area (Å²) in [6.07, 6.45) is 6.32. The molecule has 1 aromatic carbocycles. The molecule has 0 saturated carbocycles. The summed E-state index contributed by atoms with van der Waals surface area (Å²) < 4.78 is 25.4. The maximum atomic E-state index is 13.0. The first kappa shape index (κ1) is 10.3. The molecular formula is C11H8F2O. The minimum atomic E-state index is -0.624. The first-order valence-corrected chi connectivity index (χ1v) is 3.97. The van der Waals surface area contributed by atoms with Crippen molar-refractivity contribution >= 4 is 12.4 Å². The van der Waals surface area contributed by atoms with Gasteiger partial charge in [0.15, 0.2) is 0 Å². The summed E-state index contributed by atoms with van der Waals surface area (Å²) in [5.41, 5.74) is 0.280. The Balaban J connectivity index is 2.81. The summed E-state index contributed by atoms with van der Waals surface area (Å²) in [4.78, 5) is 9.88. The Morgan fingerprint density at radius 1 is 1.07 bits per heavy atom. The van der Waals surface area contributed by atoms with Gasteiger partial charge < -0.3 is 0 Å². The van der Waals surface area contributed by atoms with Gasteiger partial charge in [0.2, 0.25) is 0 Å². The highest BCUT2D eigenvalue weighted by Crippen LogP contribution is 2.10. The van der Waals surface area contributed by atoms with E-state index in [9.17, 15) is 13.6 Å². The molecule has 0 aromatic heterocycles. The number of rotatable bonds is 3. The number of hydrogen-bond donors (Lipinski definition) is 0. The maximum absolute atomic E-state index is 13.0. The predicted molar refractivity (Wildman–Crippen MR) is 50.6 cm³/mol. The number of halogens is 2. The van der Waals surface area contributed by atoms with E-state index in [0.29, 0.717) is 6.29 Å². The zero-order valence-corrected chi connectivity index (χ0v) is 7.28. The van der Waals surface area contributed by atoms with Crippen LogP contribution in [0, 0.1) is 11.6 Å². The first-order valence-electron chi connectivity index (χ1n) is 3.97. The lowest BCUT2D eigenvalue weighted by Crippen LogP contribution is -1.83. The molecule has 72 valence electrons. The van der Waals surface area contributed by atoms with Crippen LogP contribution in [-0.4, -0.2) is 6.29 Å². The smallest absolute Gasteiger partial charge is 0.142 e. The van der Waals surface area contributed by atoms with Crippen LogP contribution in [0.2, 0.25) is 0 Å². The van der Waals surface area contributed by atoms with Gasteiger partial charge in [-0.15, -0.1) is 0 Å². The molecule has 0 aliphatic heterocycles. The standard InChI is InChI=1S/C11H8F2O/c12-10-6-5-9(11(13)8-10)4-2-1-3-7-14/h1-8H. The summed E-state index contributed by atoms with van der Waals surface area (Å²) in [6.45, 7) is 0. The third-order valence-electron chi connectivity index (χ3n) is 1.54. The van der Waals surface area contributed by atoms with Gasteiger partial charge >= 0.3 is 0 Å². The van der Waals surface area contributed by atoms with Gasteiger partial charge in [-0.3, -0.25) is 4.79 Å². The highest BCUT2D eigenvalue weighted by molar-refractivity contribution is 5.66. The van der Waals surface area contributed by atoms with Gasteiger partial charge in [-0.1, -0.05) is 18.2 Å². The Bertz CT molecular complexity index is 381. The molecule has 0 spiro atoms. The summed E-state index contributed by atoms with van der Waals surface area (Å²) >= 11 is 0. The van der Waals surface area contributed by atoms with E-state index in [1.54, 1.807) is 0 Å². The topological polar surface area (TPSA) is 17.1 Å². The van der Waals surface area contributed by atoms with Crippen molar-refractivity contribution in [2.45, 2.75) is 0 Å². The molecule has 1 rings (SSSR count). The predicted octanol–water partition coefficient (Wildman–Crippen LogP) is 2.73. The van der Waals surface area contributed by atoms with Crippen LogP contribution >= 0.6 is 0 Å². The third kappa shape index (κ3) is 2.94. The van der Waals surface area contributed by atoms with Gasteiger partial charge in [0.05, 0.1) is 0 Å². The number of allylic oxidation sites excluding steroid dienone is 3. The van der Waals surface area contributed by atoms with Crippen molar-refractivity contribution in [1.29, 1.82) is 0 Å². The van der Waals surface area contributed by atoms with E-state index >= 15 is 0 Å². The SMILES string of the molecule is O=CC=CC=Cc1ccc(F)cc1F. The molecule has 0 amide bonds. The Kier molecular flexibility index (Phi) is 3.73. The average molecular weight is 194 g/mol. The zero-order valence-electron chi connectivity index (χ0n) is 7.28. The molecule has 0 unspecified atom stereocenters. The lowest BCUT2D eigenvalue weighted by Gasteiger charge is -1.95. The highest BCUT2D eigenvalue weighted by atomic mass is 19.1. The van der Waals surface area contributed by atoms with Crippen molar-refractivity contribution in [3.63, 3.8) is 0 Å². The molecule has 0 bridgehead atoms. The van der Waals surface area contributed by atoms with Crippen molar-refractivity contribution < 1.29 is 13.6 Å². The Morgan fingerprint density at radius 3 is 2.50 bits per heavy atom. The maximum Gasteiger partial charge on any atom is 0.142 e. The van der Waals surface area contributed by atoms with Gasteiger partial charge in [0, 0.05) is 11.6 Å². The lowest BCUT2D eigenvalue weighted by molar-refractivity contribution is -0.104. The fraction of sp³-hybridized carbons (Fsp3) is 0. The normalized spacial score (nSPS) is 11.3. The lowest BCUT2D eigenvalue weighted by atomic mass is 10.2.